The number of nitriles is 1. The van der Waals surface area contributed by atoms with Crippen molar-refractivity contribution in [3.8, 4) is 11.8 Å². The second-order valence-electron chi connectivity index (χ2n) is 10.8. The monoisotopic (exact) mass is 570 g/mol. The highest BCUT2D eigenvalue weighted by Crippen LogP contribution is 2.15. The van der Waals surface area contributed by atoms with Gasteiger partial charge in [-0.05, 0) is 68.7 Å². The molecule has 0 heterocycles. The summed E-state index contributed by atoms with van der Waals surface area (Å²) in [6.07, 6.45) is -0.324. The third-order valence-corrected chi connectivity index (χ3v) is 6.15. The number of carbonyl (C=O) groups excluding carboxylic acids is 3. The number of ether oxygens (including phenoxy) is 2. The van der Waals surface area contributed by atoms with E-state index in [-0.39, 0.29) is 25.3 Å². The lowest BCUT2D eigenvalue weighted by Gasteiger charge is -2.25. The van der Waals surface area contributed by atoms with Crippen LogP contribution in [0.1, 0.15) is 49.9 Å². The Kier molecular flexibility index (Phi) is 11.5. The first-order chi connectivity index (χ1) is 20.1. The van der Waals surface area contributed by atoms with Crippen LogP contribution in [0.5, 0.6) is 5.75 Å². The molecule has 0 aromatic heterocycles. The Morgan fingerprint density at radius 2 is 1.36 bits per heavy atom. The molecule has 42 heavy (non-hydrogen) atoms. The van der Waals surface area contributed by atoms with Gasteiger partial charge in [-0.15, -0.1) is 0 Å². The highest BCUT2D eigenvalue weighted by molar-refractivity contribution is 5.91. The molecule has 1 unspecified atom stereocenters. The van der Waals surface area contributed by atoms with Crippen LogP contribution >= 0.6 is 0 Å². The summed E-state index contributed by atoms with van der Waals surface area (Å²) in [5, 5.41) is 17.4. The van der Waals surface area contributed by atoms with Gasteiger partial charge in [0.05, 0.1) is 18.2 Å². The minimum absolute atomic E-state index is 0.169. The largest absolute Gasteiger partial charge is 0.494 e. The van der Waals surface area contributed by atoms with Gasteiger partial charge in [-0.1, -0.05) is 54.6 Å². The van der Waals surface area contributed by atoms with Crippen LogP contribution in [0.2, 0.25) is 0 Å². The van der Waals surface area contributed by atoms with Crippen LogP contribution in [0, 0.1) is 11.3 Å². The zero-order valence-electron chi connectivity index (χ0n) is 24.5. The lowest BCUT2D eigenvalue weighted by molar-refractivity contribution is -0.130. The molecule has 0 aliphatic heterocycles. The molecular formula is C33H38N4O5. The second-order valence-corrected chi connectivity index (χ2v) is 10.8. The van der Waals surface area contributed by atoms with Crippen LogP contribution in [0.4, 0.5) is 4.79 Å². The molecule has 3 N–H and O–H groups in total. The van der Waals surface area contributed by atoms with Crippen molar-refractivity contribution in [1.29, 1.82) is 5.26 Å². The standard InChI is InChI=1S/C33H38N4O5/c1-5-41-27-17-15-24(16-18-27)20-29(37-32(40)42-33(2,3)4)31(39)36-28(19-23-9-7-6-8-10-23)30(38)35-22-26-13-11-25(21-34)12-14-26/h6-18,28-29H,5,19-20,22H2,1-4H3,(H,35,38)(H,36,39)(H,37,40)/t28-,29?/m0/s1. The van der Waals surface area contributed by atoms with Gasteiger partial charge in [-0.3, -0.25) is 9.59 Å². The molecule has 3 rings (SSSR count). The van der Waals surface area contributed by atoms with Crippen molar-refractivity contribution in [1.82, 2.24) is 16.0 Å². The van der Waals surface area contributed by atoms with Crippen molar-refractivity contribution in [2.45, 2.75) is 64.8 Å². The molecular weight excluding hydrogens is 532 g/mol. The molecule has 2 atom stereocenters. The van der Waals surface area contributed by atoms with Crippen LogP contribution in [0.15, 0.2) is 78.9 Å². The van der Waals surface area contributed by atoms with Gasteiger partial charge in [0.1, 0.15) is 23.4 Å². The Hall–Kier alpha value is -4.84. The van der Waals surface area contributed by atoms with Crippen LogP contribution in [-0.4, -0.2) is 42.2 Å². The van der Waals surface area contributed by atoms with Gasteiger partial charge in [0.2, 0.25) is 11.8 Å². The minimum atomic E-state index is -1.01. The number of nitrogens with zero attached hydrogens (tertiary/aromatic N) is 1. The molecule has 0 saturated heterocycles. The Labute approximate surface area is 247 Å². The summed E-state index contributed by atoms with van der Waals surface area (Å²) in [4.78, 5) is 39.7. The molecule has 0 spiro atoms. The fourth-order valence-electron chi connectivity index (χ4n) is 4.12. The van der Waals surface area contributed by atoms with Gasteiger partial charge in [0.25, 0.3) is 0 Å². The fraction of sp³-hybridized carbons (Fsp3) is 0.333. The summed E-state index contributed by atoms with van der Waals surface area (Å²) in [5.41, 5.74) is 2.23. The third kappa shape index (κ3) is 10.6. The Bertz CT molecular complexity index is 1360. The van der Waals surface area contributed by atoms with Crippen molar-refractivity contribution in [3.05, 3.63) is 101 Å². The van der Waals surface area contributed by atoms with Crippen molar-refractivity contribution in [2.24, 2.45) is 0 Å². The number of benzene rings is 3. The number of amides is 3. The Morgan fingerprint density at radius 3 is 1.93 bits per heavy atom. The van der Waals surface area contributed by atoms with Crippen molar-refractivity contribution < 1.29 is 23.9 Å². The number of hydrogen-bond acceptors (Lipinski definition) is 6. The summed E-state index contributed by atoms with van der Waals surface area (Å²) in [7, 11) is 0. The molecule has 9 nitrogen and oxygen atoms in total. The number of nitrogens with one attached hydrogen (secondary N) is 3. The van der Waals surface area contributed by atoms with Crippen LogP contribution in [0.25, 0.3) is 0 Å². The van der Waals surface area contributed by atoms with Crippen LogP contribution < -0.4 is 20.7 Å². The van der Waals surface area contributed by atoms with Gasteiger partial charge >= 0.3 is 6.09 Å². The van der Waals surface area contributed by atoms with Crippen LogP contribution in [-0.2, 0) is 33.7 Å². The summed E-state index contributed by atoms with van der Waals surface area (Å²) in [5.74, 6) is -0.206. The van der Waals surface area contributed by atoms with Gasteiger partial charge in [0.15, 0.2) is 0 Å². The molecule has 0 bridgehead atoms. The topological polar surface area (TPSA) is 130 Å². The molecule has 0 radical (unpaired) electrons. The van der Waals surface area contributed by atoms with Gasteiger partial charge < -0.3 is 25.4 Å². The summed E-state index contributed by atoms with van der Waals surface area (Å²) in [6, 6.07) is 23.6. The van der Waals surface area contributed by atoms with Crippen molar-refractivity contribution in [2.75, 3.05) is 6.61 Å². The number of rotatable bonds is 12. The molecule has 0 saturated carbocycles. The zero-order valence-corrected chi connectivity index (χ0v) is 24.5. The van der Waals surface area contributed by atoms with Gasteiger partial charge in [-0.25, -0.2) is 4.79 Å². The molecule has 0 aliphatic rings. The molecule has 3 aromatic rings. The first-order valence-corrected chi connectivity index (χ1v) is 13.9. The second kappa shape index (κ2) is 15.2. The Morgan fingerprint density at radius 1 is 0.786 bits per heavy atom. The third-order valence-electron chi connectivity index (χ3n) is 6.15. The number of carbonyl (C=O) groups is 3. The quantitative estimate of drug-likeness (QED) is 0.295. The van der Waals surface area contributed by atoms with E-state index in [0.29, 0.717) is 17.9 Å². The SMILES string of the molecule is CCOc1ccc(CC(NC(=O)OC(C)(C)C)C(=O)N[C@@H](Cc2ccccc2)C(=O)NCc2ccc(C#N)cc2)cc1. The highest BCUT2D eigenvalue weighted by Gasteiger charge is 2.29. The van der Waals surface area contributed by atoms with E-state index in [1.54, 1.807) is 57.2 Å². The summed E-state index contributed by atoms with van der Waals surface area (Å²) >= 11 is 0. The maximum atomic E-state index is 13.7. The number of alkyl carbamates (subject to hydrolysis) is 1. The normalized spacial score (nSPS) is 12.3. The van der Waals surface area contributed by atoms with E-state index in [2.05, 4.69) is 22.0 Å². The predicted octanol–water partition coefficient (Wildman–Crippen LogP) is 4.44. The van der Waals surface area contributed by atoms with Crippen molar-refractivity contribution in [3.63, 3.8) is 0 Å². The maximum Gasteiger partial charge on any atom is 0.408 e. The molecule has 3 amide bonds. The minimum Gasteiger partial charge on any atom is -0.494 e. The van der Waals surface area contributed by atoms with Gasteiger partial charge in [0, 0.05) is 19.4 Å². The van der Waals surface area contributed by atoms with E-state index in [4.69, 9.17) is 14.7 Å². The highest BCUT2D eigenvalue weighted by atomic mass is 16.6. The van der Waals surface area contributed by atoms with E-state index in [0.717, 1.165) is 16.7 Å². The van der Waals surface area contributed by atoms with Gasteiger partial charge in [-0.2, -0.15) is 5.26 Å². The average molecular weight is 571 g/mol. The van der Waals surface area contributed by atoms with Crippen molar-refractivity contribution >= 4 is 17.9 Å². The first-order valence-electron chi connectivity index (χ1n) is 13.9. The summed E-state index contributed by atoms with van der Waals surface area (Å²) < 4.78 is 10.9. The molecule has 9 heteroatoms. The van der Waals surface area contributed by atoms with E-state index in [9.17, 15) is 14.4 Å². The van der Waals surface area contributed by atoms with E-state index >= 15 is 0 Å². The lowest BCUT2D eigenvalue weighted by Crippen LogP contribution is -2.55. The molecule has 0 aliphatic carbocycles. The maximum absolute atomic E-state index is 13.7. The molecule has 220 valence electrons. The fourth-order valence-corrected chi connectivity index (χ4v) is 4.12. The van der Waals surface area contributed by atoms with Crippen LogP contribution in [0.3, 0.4) is 0 Å². The van der Waals surface area contributed by atoms with E-state index < -0.39 is 29.7 Å². The molecule has 3 aromatic carbocycles. The molecule has 0 fully saturated rings. The smallest absolute Gasteiger partial charge is 0.408 e. The zero-order chi connectivity index (χ0) is 30.5. The Balaban J connectivity index is 1.79. The number of hydrogen-bond donors (Lipinski definition) is 3. The first kappa shape index (κ1) is 31.7. The van der Waals surface area contributed by atoms with E-state index in [1.807, 2.05) is 49.4 Å². The lowest BCUT2D eigenvalue weighted by atomic mass is 10.0. The predicted molar refractivity (Wildman–Crippen MR) is 160 cm³/mol. The summed E-state index contributed by atoms with van der Waals surface area (Å²) in [6.45, 7) is 7.86. The average Bonchev–Trinajstić information content (AvgIpc) is 2.96. The van der Waals surface area contributed by atoms with E-state index in [1.165, 1.54) is 0 Å².